The van der Waals surface area contributed by atoms with Gasteiger partial charge in [0.05, 0.1) is 23.5 Å². The molecule has 1 N–H and O–H groups in total. The van der Waals surface area contributed by atoms with E-state index in [4.69, 9.17) is 14.7 Å². The molecule has 2 aromatic heterocycles. The van der Waals surface area contributed by atoms with Crippen LogP contribution in [0.2, 0.25) is 0 Å². The minimum absolute atomic E-state index is 0.236. The second-order valence-electron chi connectivity index (χ2n) is 9.42. The number of hydrogen-bond donors (Lipinski definition) is 1. The molecule has 0 saturated carbocycles. The van der Waals surface area contributed by atoms with Crippen LogP contribution >= 0.6 is 0 Å². The number of amides is 1. The van der Waals surface area contributed by atoms with Crippen LogP contribution in [0.5, 0.6) is 0 Å². The number of carbonyl (C=O) groups is 1. The molecular formula is C26H36N4O2. The normalized spacial score (nSPS) is 19.8. The summed E-state index contributed by atoms with van der Waals surface area (Å²) in [5.74, 6) is 0. The number of ether oxygens (including phenoxy) is 1. The molecule has 1 aliphatic heterocycles. The fourth-order valence-corrected chi connectivity index (χ4v) is 4.32. The minimum atomic E-state index is -0.497. The first-order valence-corrected chi connectivity index (χ1v) is 11.5. The van der Waals surface area contributed by atoms with Gasteiger partial charge >= 0.3 is 6.09 Å². The SMILES string of the molecule is Cc1cccnc1[C@H]1CCC[C@@H](c2ncccc2C)N1CC=CCNC(=O)OC(C)(C)C. The third kappa shape index (κ3) is 6.39. The molecule has 3 rings (SSSR count). The topological polar surface area (TPSA) is 67.4 Å². The molecular weight excluding hydrogens is 400 g/mol. The maximum Gasteiger partial charge on any atom is 0.407 e. The molecule has 2 atom stereocenters. The van der Waals surface area contributed by atoms with E-state index in [1.807, 2.05) is 51.4 Å². The van der Waals surface area contributed by atoms with Crippen LogP contribution in [0, 0.1) is 13.8 Å². The summed E-state index contributed by atoms with van der Waals surface area (Å²) < 4.78 is 5.30. The van der Waals surface area contributed by atoms with E-state index in [2.05, 4.69) is 42.3 Å². The molecule has 1 fully saturated rings. The van der Waals surface area contributed by atoms with Crippen LogP contribution in [0.4, 0.5) is 4.79 Å². The highest BCUT2D eigenvalue weighted by Gasteiger charge is 2.34. The van der Waals surface area contributed by atoms with Gasteiger partial charge in [0.15, 0.2) is 0 Å². The Bertz CT molecular complexity index is 882. The quantitative estimate of drug-likeness (QED) is 0.611. The molecule has 1 saturated heterocycles. The van der Waals surface area contributed by atoms with Gasteiger partial charge in [-0.15, -0.1) is 0 Å². The summed E-state index contributed by atoms with van der Waals surface area (Å²) in [6, 6.07) is 8.73. The Labute approximate surface area is 192 Å². The lowest BCUT2D eigenvalue weighted by Gasteiger charge is -2.42. The van der Waals surface area contributed by atoms with Crippen molar-refractivity contribution in [2.24, 2.45) is 0 Å². The molecule has 0 bridgehead atoms. The number of aromatic nitrogens is 2. The second-order valence-corrected chi connectivity index (χ2v) is 9.42. The van der Waals surface area contributed by atoms with Gasteiger partial charge in [-0.25, -0.2) is 4.79 Å². The first-order chi connectivity index (χ1) is 15.3. The molecule has 6 nitrogen and oxygen atoms in total. The zero-order valence-corrected chi connectivity index (χ0v) is 20.0. The van der Waals surface area contributed by atoms with E-state index in [1.165, 1.54) is 11.1 Å². The summed E-state index contributed by atoms with van der Waals surface area (Å²) >= 11 is 0. The van der Waals surface area contributed by atoms with Crippen molar-refractivity contribution < 1.29 is 9.53 Å². The van der Waals surface area contributed by atoms with Crippen molar-refractivity contribution >= 4 is 6.09 Å². The monoisotopic (exact) mass is 436 g/mol. The van der Waals surface area contributed by atoms with E-state index in [-0.39, 0.29) is 12.1 Å². The molecule has 32 heavy (non-hydrogen) atoms. The largest absolute Gasteiger partial charge is 0.444 e. The number of rotatable bonds is 6. The maximum atomic E-state index is 11.9. The molecule has 2 aromatic rings. The van der Waals surface area contributed by atoms with Crippen LogP contribution in [0.1, 0.15) is 74.6 Å². The molecule has 0 aromatic carbocycles. The van der Waals surface area contributed by atoms with Crippen LogP contribution in [0.15, 0.2) is 48.8 Å². The number of pyridine rings is 2. The Hall–Kier alpha value is -2.73. The minimum Gasteiger partial charge on any atom is -0.444 e. The van der Waals surface area contributed by atoms with Gasteiger partial charge in [0.1, 0.15) is 5.60 Å². The van der Waals surface area contributed by atoms with Crippen molar-refractivity contribution in [1.82, 2.24) is 20.2 Å². The third-order valence-corrected chi connectivity index (χ3v) is 5.73. The first kappa shape index (κ1) is 23.9. The van der Waals surface area contributed by atoms with Gasteiger partial charge in [-0.2, -0.15) is 0 Å². The zero-order valence-electron chi connectivity index (χ0n) is 20.0. The molecule has 0 radical (unpaired) electrons. The summed E-state index contributed by atoms with van der Waals surface area (Å²) in [6.45, 7) is 11.0. The average Bonchev–Trinajstić information content (AvgIpc) is 2.73. The van der Waals surface area contributed by atoms with Gasteiger partial charge in [0.25, 0.3) is 0 Å². The molecule has 3 heterocycles. The number of hydrogen-bond acceptors (Lipinski definition) is 5. The molecule has 172 valence electrons. The number of likely N-dealkylation sites (tertiary alicyclic amines) is 1. The molecule has 0 aliphatic carbocycles. The summed E-state index contributed by atoms with van der Waals surface area (Å²) in [4.78, 5) is 23.9. The maximum absolute atomic E-state index is 11.9. The summed E-state index contributed by atoms with van der Waals surface area (Å²) in [5, 5.41) is 2.79. The van der Waals surface area contributed by atoms with Gasteiger partial charge in [0, 0.05) is 25.5 Å². The Morgan fingerprint density at radius 2 is 1.62 bits per heavy atom. The van der Waals surface area contributed by atoms with Crippen molar-refractivity contribution in [2.45, 2.75) is 71.6 Å². The molecule has 0 unspecified atom stereocenters. The van der Waals surface area contributed by atoms with Crippen molar-refractivity contribution in [2.75, 3.05) is 13.1 Å². The highest BCUT2D eigenvalue weighted by atomic mass is 16.6. The number of aryl methyl sites for hydroxylation is 2. The summed E-state index contributed by atoms with van der Waals surface area (Å²) in [5.41, 5.74) is 4.23. The van der Waals surface area contributed by atoms with Crippen molar-refractivity contribution in [3.8, 4) is 0 Å². The average molecular weight is 437 g/mol. The fourth-order valence-electron chi connectivity index (χ4n) is 4.32. The highest BCUT2D eigenvalue weighted by Crippen LogP contribution is 2.41. The Morgan fingerprint density at radius 3 is 2.12 bits per heavy atom. The van der Waals surface area contributed by atoms with E-state index in [0.717, 1.165) is 37.2 Å². The number of carbonyl (C=O) groups excluding carboxylic acids is 1. The predicted molar refractivity (Wildman–Crippen MR) is 127 cm³/mol. The Kier molecular flexibility index (Phi) is 8.02. The van der Waals surface area contributed by atoms with Crippen LogP contribution in [-0.4, -0.2) is 39.7 Å². The number of alkyl carbamates (subject to hydrolysis) is 1. The van der Waals surface area contributed by atoms with Gasteiger partial charge in [-0.05, 0) is 77.1 Å². The second kappa shape index (κ2) is 10.7. The van der Waals surface area contributed by atoms with E-state index in [0.29, 0.717) is 6.54 Å². The van der Waals surface area contributed by atoms with Crippen molar-refractivity contribution in [1.29, 1.82) is 0 Å². The predicted octanol–water partition coefficient (Wildman–Crippen LogP) is 5.44. The number of nitrogens with one attached hydrogen (secondary N) is 1. The summed E-state index contributed by atoms with van der Waals surface area (Å²) in [7, 11) is 0. The smallest absolute Gasteiger partial charge is 0.407 e. The van der Waals surface area contributed by atoms with Gasteiger partial charge in [-0.1, -0.05) is 24.3 Å². The third-order valence-electron chi connectivity index (χ3n) is 5.73. The van der Waals surface area contributed by atoms with E-state index >= 15 is 0 Å². The molecule has 1 amide bonds. The van der Waals surface area contributed by atoms with Crippen molar-refractivity contribution in [3.63, 3.8) is 0 Å². The highest BCUT2D eigenvalue weighted by molar-refractivity contribution is 5.67. The van der Waals surface area contributed by atoms with Gasteiger partial charge < -0.3 is 10.1 Å². The Balaban J connectivity index is 1.76. The molecule has 6 heteroatoms. The standard InChI is InChI=1S/C26H36N4O2/c1-19-11-9-16-27-23(19)21-13-8-14-22(24-20(2)12-10-17-28-24)30(21)18-7-6-15-29-25(31)32-26(3,4)5/h6-7,9-12,16-17,21-22H,8,13-15,18H2,1-5H3,(H,29,31)/t21-,22+. The van der Waals surface area contributed by atoms with Crippen LogP contribution < -0.4 is 5.32 Å². The van der Waals surface area contributed by atoms with E-state index in [9.17, 15) is 4.79 Å². The lowest BCUT2D eigenvalue weighted by atomic mass is 9.89. The Morgan fingerprint density at radius 1 is 1.06 bits per heavy atom. The van der Waals surface area contributed by atoms with E-state index < -0.39 is 11.7 Å². The zero-order chi connectivity index (χ0) is 23.1. The number of nitrogens with zero attached hydrogens (tertiary/aromatic N) is 3. The van der Waals surface area contributed by atoms with Gasteiger partial charge in [-0.3, -0.25) is 14.9 Å². The van der Waals surface area contributed by atoms with Crippen LogP contribution in [-0.2, 0) is 4.74 Å². The summed E-state index contributed by atoms with van der Waals surface area (Å²) in [6.07, 6.45) is 10.8. The fraction of sp³-hybridized carbons (Fsp3) is 0.500. The number of piperidine rings is 1. The van der Waals surface area contributed by atoms with Gasteiger partial charge in [0.2, 0.25) is 0 Å². The molecule has 0 spiro atoms. The molecule has 1 aliphatic rings. The van der Waals surface area contributed by atoms with Crippen LogP contribution in [0.3, 0.4) is 0 Å². The van der Waals surface area contributed by atoms with Crippen LogP contribution in [0.25, 0.3) is 0 Å². The first-order valence-electron chi connectivity index (χ1n) is 11.5. The van der Waals surface area contributed by atoms with E-state index in [1.54, 1.807) is 0 Å². The lowest BCUT2D eigenvalue weighted by molar-refractivity contribution is 0.0534. The van der Waals surface area contributed by atoms with Crippen molar-refractivity contribution in [3.05, 3.63) is 71.3 Å². The lowest BCUT2D eigenvalue weighted by Crippen LogP contribution is -2.38.